The normalized spacial score (nSPS) is 14.9. The van der Waals surface area contributed by atoms with E-state index in [2.05, 4.69) is 4.90 Å². The smallest absolute Gasteiger partial charge is 0.127 e. The molecular formula is C14H19FN2OS. The highest BCUT2D eigenvalue weighted by Crippen LogP contribution is 2.28. The minimum absolute atomic E-state index is 0.205. The minimum Gasteiger partial charge on any atom is -0.389 e. The quantitative estimate of drug-likeness (QED) is 0.777. The molecule has 0 bridgehead atoms. The molecule has 0 aliphatic heterocycles. The van der Waals surface area contributed by atoms with Gasteiger partial charge in [-0.3, -0.25) is 4.90 Å². The lowest BCUT2D eigenvalue weighted by atomic mass is 10.1. The Labute approximate surface area is 118 Å². The molecule has 1 fully saturated rings. The van der Waals surface area contributed by atoms with E-state index in [0.29, 0.717) is 35.3 Å². The average Bonchev–Trinajstić information content (AvgIpc) is 3.20. The Balaban J connectivity index is 2.11. The summed E-state index contributed by atoms with van der Waals surface area (Å²) < 4.78 is 19.0. The van der Waals surface area contributed by atoms with Crippen molar-refractivity contribution in [2.24, 2.45) is 5.73 Å². The van der Waals surface area contributed by atoms with Gasteiger partial charge in [-0.2, -0.15) is 0 Å². The topological polar surface area (TPSA) is 38.5 Å². The predicted octanol–water partition coefficient (Wildman–Crippen LogP) is 2.07. The van der Waals surface area contributed by atoms with Gasteiger partial charge in [-0.25, -0.2) is 4.39 Å². The van der Waals surface area contributed by atoms with Crippen molar-refractivity contribution in [1.82, 2.24) is 4.90 Å². The molecular weight excluding hydrogens is 263 g/mol. The van der Waals surface area contributed by atoms with Crippen molar-refractivity contribution in [3.63, 3.8) is 0 Å². The van der Waals surface area contributed by atoms with Crippen LogP contribution in [0.15, 0.2) is 18.2 Å². The zero-order valence-electron chi connectivity index (χ0n) is 11.1. The molecule has 1 aromatic carbocycles. The van der Waals surface area contributed by atoms with Gasteiger partial charge in [0.1, 0.15) is 10.8 Å². The lowest BCUT2D eigenvalue weighted by Gasteiger charge is -2.22. The first kappa shape index (κ1) is 14.4. The molecule has 0 spiro atoms. The summed E-state index contributed by atoms with van der Waals surface area (Å²) in [5.74, 6) is -0.205. The van der Waals surface area contributed by atoms with Crippen molar-refractivity contribution < 1.29 is 9.13 Å². The monoisotopic (exact) mass is 282 g/mol. The van der Waals surface area contributed by atoms with Crippen LogP contribution in [0, 0.1) is 5.82 Å². The molecule has 0 unspecified atom stereocenters. The third kappa shape index (κ3) is 3.96. The number of halogens is 1. The van der Waals surface area contributed by atoms with Crippen LogP contribution in [0.25, 0.3) is 0 Å². The fraction of sp³-hybridized carbons (Fsp3) is 0.500. The van der Waals surface area contributed by atoms with E-state index in [9.17, 15) is 4.39 Å². The van der Waals surface area contributed by atoms with E-state index in [1.165, 1.54) is 18.9 Å². The molecule has 5 heteroatoms. The van der Waals surface area contributed by atoms with Crippen molar-refractivity contribution >= 4 is 17.2 Å². The Morgan fingerprint density at radius 1 is 1.53 bits per heavy atom. The second-order valence-electron chi connectivity index (χ2n) is 4.86. The summed E-state index contributed by atoms with van der Waals surface area (Å²) >= 11 is 4.93. The lowest BCUT2D eigenvalue weighted by molar-refractivity contribution is 0.139. The second-order valence-corrected chi connectivity index (χ2v) is 5.30. The van der Waals surface area contributed by atoms with Crippen molar-refractivity contribution in [3.05, 3.63) is 35.1 Å². The van der Waals surface area contributed by atoms with E-state index in [4.69, 9.17) is 22.7 Å². The number of benzene rings is 1. The summed E-state index contributed by atoms with van der Waals surface area (Å²) in [6.07, 6.45) is 2.36. The standard InChI is InChI=1S/C14H19FN2OS/c1-18-7-6-17(12-3-4-12)9-11-8-10(14(16)19)2-5-13(11)15/h2,5,8,12H,3-4,6-7,9H2,1H3,(H2,16,19). The molecule has 0 radical (unpaired) electrons. The molecule has 1 aliphatic carbocycles. The summed E-state index contributed by atoms with van der Waals surface area (Å²) in [4.78, 5) is 2.56. The zero-order valence-corrected chi connectivity index (χ0v) is 11.9. The van der Waals surface area contributed by atoms with Crippen LogP contribution in [-0.4, -0.2) is 36.2 Å². The molecule has 19 heavy (non-hydrogen) atoms. The Hall–Kier alpha value is -1.04. The van der Waals surface area contributed by atoms with Crippen LogP contribution in [0.4, 0.5) is 4.39 Å². The molecule has 1 aliphatic rings. The van der Waals surface area contributed by atoms with Crippen LogP contribution in [0.1, 0.15) is 24.0 Å². The van der Waals surface area contributed by atoms with Crippen molar-refractivity contribution in [3.8, 4) is 0 Å². The van der Waals surface area contributed by atoms with E-state index in [-0.39, 0.29) is 5.82 Å². The summed E-state index contributed by atoms with van der Waals surface area (Å²) in [5.41, 5.74) is 6.95. The minimum atomic E-state index is -0.205. The maximum atomic E-state index is 13.9. The van der Waals surface area contributed by atoms with Gasteiger partial charge in [0.05, 0.1) is 6.61 Å². The molecule has 2 N–H and O–H groups in total. The Morgan fingerprint density at radius 2 is 2.26 bits per heavy atom. The van der Waals surface area contributed by atoms with Gasteiger partial charge in [-0.1, -0.05) is 12.2 Å². The lowest BCUT2D eigenvalue weighted by Crippen LogP contribution is -2.29. The van der Waals surface area contributed by atoms with Gasteiger partial charge in [0.25, 0.3) is 0 Å². The highest BCUT2D eigenvalue weighted by Gasteiger charge is 2.29. The van der Waals surface area contributed by atoms with Crippen molar-refractivity contribution in [2.75, 3.05) is 20.3 Å². The van der Waals surface area contributed by atoms with Crippen LogP contribution in [0.2, 0.25) is 0 Å². The second kappa shape index (κ2) is 6.41. The molecule has 1 aromatic rings. The van der Waals surface area contributed by atoms with Crippen LogP contribution in [0.5, 0.6) is 0 Å². The number of nitrogens with two attached hydrogens (primary N) is 1. The number of hydrogen-bond acceptors (Lipinski definition) is 3. The molecule has 0 aromatic heterocycles. The van der Waals surface area contributed by atoms with Gasteiger partial charge < -0.3 is 10.5 Å². The highest BCUT2D eigenvalue weighted by molar-refractivity contribution is 7.80. The fourth-order valence-electron chi connectivity index (χ4n) is 2.11. The Kier molecular flexibility index (Phi) is 4.85. The fourth-order valence-corrected chi connectivity index (χ4v) is 2.23. The van der Waals surface area contributed by atoms with E-state index < -0.39 is 0 Å². The predicted molar refractivity (Wildman–Crippen MR) is 77.6 cm³/mol. The summed E-state index contributed by atoms with van der Waals surface area (Å²) in [6, 6.07) is 5.37. The van der Waals surface area contributed by atoms with E-state index in [0.717, 1.165) is 6.54 Å². The van der Waals surface area contributed by atoms with Gasteiger partial charge in [-0.15, -0.1) is 0 Å². The van der Waals surface area contributed by atoms with E-state index in [1.54, 1.807) is 19.2 Å². The third-order valence-electron chi connectivity index (χ3n) is 3.35. The number of ether oxygens (including phenoxy) is 1. The molecule has 2 rings (SSSR count). The van der Waals surface area contributed by atoms with Crippen molar-refractivity contribution in [1.29, 1.82) is 0 Å². The van der Waals surface area contributed by atoms with Gasteiger partial charge >= 0.3 is 0 Å². The summed E-state index contributed by atoms with van der Waals surface area (Å²) in [5, 5.41) is 0. The molecule has 0 amide bonds. The van der Waals surface area contributed by atoms with Gasteiger partial charge in [0, 0.05) is 37.4 Å². The summed E-state index contributed by atoms with van der Waals surface area (Å²) in [6.45, 7) is 2.06. The number of hydrogen-bond donors (Lipinski definition) is 1. The van der Waals surface area contributed by atoms with Crippen LogP contribution >= 0.6 is 12.2 Å². The molecule has 104 valence electrons. The first-order chi connectivity index (χ1) is 9.11. The van der Waals surface area contributed by atoms with Crippen molar-refractivity contribution in [2.45, 2.75) is 25.4 Å². The SMILES string of the molecule is COCCN(Cc1cc(C(N)=S)ccc1F)C1CC1. The van der Waals surface area contributed by atoms with Gasteiger partial charge in [0.15, 0.2) is 0 Å². The zero-order chi connectivity index (χ0) is 13.8. The largest absolute Gasteiger partial charge is 0.389 e. The molecule has 1 saturated carbocycles. The number of rotatable bonds is 7. The number of nitrogens with zero attached hydrogens (tertiary/aromatic N) is 1. The van der Waals surface area contributed by atoms with E-state index in [1.807, 2.05) is 0 Å². The van der Waals surface area contributed by atoms with Gasteiger partial charge in [-0.05, 0) is 31.0 Å². The third-order valence-corrected chi connectivity index (χ3v) is 3.59. The average molecular weight is 282 g/mol. The van der Waals surface area contributed by atoms with Crippen LogP contribution in [-0.2, 0) is 11.3 Å². The van der Waals surface area contributed by atoms with Gasteiger partial charge in [0.2, 0.25) is 0 Å². The maximum Gasteiger partial charge on any atom is 0.127 e. The summed E-state index contributed by atoms with van der Waals surface area (Å²) in [7, 11) is 1.68. The Morgan fingerprint density at radius 3 is 2.84 bits per heavy atom. The number of methoxy groups -OCH3 is 1. The molecule has 0 atom stereocenters. The Bertz CT molecular complexity index is 463. The molecule has 0 heterocycles. The maximum absolute atomic E-state index is 13.9. The van der Waals surface area contributed by atoms with Crippen LogP contribution in [0.3, 0.4) is 0 Å². The first-order valence-corrected chi connectivity index (χ1v) is 6.84. The van der Waals surface area contributed by atoms with Crippen LogP contribution < -0.4 is 5.73 Å². The molecule has 3 nitrogen and oxygen atoms in total. The number of thiocarbonyl (C=S) groups is 1. The van der Waals surface area contributed by atoms with E-state index >= 15 is 0 Å². The first-order valence-electron chi connectivity index (χ1n) is 6.43. The highest BCUT2D eigenvalue weighted by atomic mass is 32.1. The molecule has 0 saturated heterocycles.